The smallest absolute Gasteiger partial charge is 0.317 e. The van der Waals surface area contributed by atoms with E-state index in [-0.39, 0.29) is 59.5 Å². The van der Waals surface area contributed by atoms with E-state index < -0.39 is 22.0 Å². The maximum atomic E-state index is 14.4. The molecule has 0 aromatic heterocycles. The number of anilines is 1. The lowest BCUT2D eigenvalue weighted by Gasteiger charge is -2.36. The second kappa shape index (κ2) is 17.3. The lowest BCUT2D eigenvalue weighted by molar-refractivity contribution is -0.0123. The van der Waals surface area contributed by atoms with Crippen LogP contribution in [0, 0.1) is 12.8 Å². The van der Waals surface area contributed by atoms with Gasteiger partial charge in [0.1, 0.15) is 5.75 Å². The van der Waals surface area contributed by atoms with Crippen LogP contribution in [-0.2, 0) is 14.8 Å². The summed E-state index contributed by atoms with van der Waals surface area (Å²) in [7, 11) is -2.15. The second-order valence-electron chi connectivity index (χ2n) is 13.6. The number of ether oxygens (including phenoxy) is 2. The number of benzene rings is 2. The van der Waals surface area contributed by atoms with E-state index in [0.717, 1.165) is 50.5 Å². The third kappa shape index (κ3) is 10.3. The summed E-state index contributed by atoms with van der Waals surface area (Å²) in [5.41, 5.74) is 1.35. The molecule has 4 rings (SSSR count). The van der Waals surface area contributed by atoms with Gasteiger partial charge in [0.2, 0.25) is 0 Å². The summed E-state index contributed by atoms with van der Waals surface area (Å²) < 4.78 is 41.7. The average Bonchev–Trinajstić information content (AvgIpc) is 3.06. The first kappa shape index (κ1) is 37.5. The second-order valence-corrected chi connectivity index (χ2v) is 15.3. The van der Waals surface area contributed by atoms with Gasteiger partial charge in [-0.25, -0.2) is 13.2 Å². The first-order valence-electron chi connectivity index (χ1n) is 17.3. The number of aryl methyl sites for hydroxylation is 1. The van der Waals surface area contributed by atoms with Crippen LogP contribution in [0.25, 0.3) is 0 Å². The number of carbonyl (C=O) groups excluding carboxylic acids is 2. The molecule has 0 saturated heterocycles. The molecule has 2 aromatic carbocycles. The molecule has 1 fully saturated rings. The van der Waals surface area contributed by atoms with Crippen LogP contribution in [0.5, 0.6) is 5.75 Å². The van der Waals surface area contributed by atoms with E-state index in [4.69, 9.17) is 9.47 Å². The number of amides is 3. The van der Waals surface area contributed by atoms with Crippen LogP contribution >= 0.6 is 0 Å². The topological polar surface area (TPSA) is 138 Å². The number of sulfonamides is 1. The van der Waals surface area contributed by atoms with E-state index in [1.807, 2.05) is 20.8 Å². The summed E-state index contributed by atoms with van der Waals surface area (Å²) in [5, 5.41) is 13.4. The maximum absolute atomic E-state index is 14.4. The zero-order chi connectivity index (χ0) is 34.8. The van der Waals surface area contributed by atoms with Crippen molar-refractivity contribution in [3.8, 4) is 5.75 Å². The standard InChI is InChI=1S/C36H54N4O7S/c1-25-14-17-31(18-15-25)48(44,45)38-30-16-19-33-32(21-30)35(42)40(27(3)24-41)22-26(2)34(46-20-10-9-11-28(4)47-33)23-39(5)36(43)37-29-12-7-6-8-13-29/h14-19,21,26-29,34,38,41H,6-13,20,22-24H2,1-5H3,(H,37,43)/t26-,27-,28-,34+/m1/s1. The molecule has 48 heavy (non-hydrogen) atoms. The van der Waals surface area contributed by atoms with Crippen LogP contribution in [0.3, 0.4) is 0 Å². The Morgan fingerprint density at radius 3 is 2.42 bits per heavy atom. The third-order valence-electron chi connectivity index (χ3n) is 9.37. The molecule has 0 unspecified atom stereocenters. The highest BCUT2D eigenvalue weighted by atomic mass is 32.2. The fourth-order valence-corrected chi connectivity index (χ4v) is 7.31. The number of nitrogens with zero attached hydrogens (tertiary/aromatic N) is 2. The van der Waals surface area contributed by atoms with Crippen LogP contribution in [0.2, 0.25) is 0 Å². The number of aliphatic hydroxyl groups is 1. The predicted octanol–water partition coefficient (Wildman–Crippen LogP) is 5.57. The van der Waals surface area contributed by atoms with Crippen LogP contribution < -0.4 is 14.8 Å². The molecule has 2 aromatic rings. The number of urea groups is 1. The van der Waals surface area contributed by atoms with Gasteiger partial charge in [-0.3, -0.25) is 9.52 Å². The largest absolute Gasteiger partial charge is 0.490 e. The molecule has 266 valence electrons. The predicted molar refractivity (Wildman–Crippen MR) is 187 cm³/mol. The molecule has 4 atom stereocenters. The molecule has 2 aliphatic rings. The van der Waals surface area contributed by atoms with Gasteiger partial charge in [-0.2, -0.15) is 0 Å². The molecule has 3 N–H and O–H groups in total. The zero-order valence-corrected chi connectivity index (χ0v) is 29.9. The third-order valence-corrected chi connectivity index (χ3v) is 10.8. The van der Waals surface area contributed by atoms with E-state index >= 15 is 0 Å². The molecule has 0 spiro atoms. The van der Waals surface area contributed by atoms with E-state index in [1.54, 1.807) is 48.0 Å². The molecule has 0 radical (unpaired) electrons. The molecule has 1 aliphatic heterocycles. The van der Waals surface area contributed by atoms with Gasteiger partial charge in [0.05, 0.1) is 35.3 Å². The van der Waals surface area contributed by atoms with Crippen molar-refractivity contribution in [1.29, 1.82) is 0 Å². The van der Waals surface area contributed by atoms with E-state index in [9.17, 15) is 23.1 Å². The van der Waals surface area contributed by atoms with Crippen molar-refractivity contribution < 1.29 is 32.6 Å². The van der Waals surface area contributed by atoms with E-state index in [2.05, 4.69) is 10.0 Å². The number of rotatable bonds is 8. The van der Waals surface area contributed by atoms with Gasteiger partial charge in [0.25, 0.3) is 15.9 Å². The van der Waals surface area contributed by atoms with Gasteiger partial charge >= 0.3 is 6.03 Å². The van der Waals surface area contributed by atoms with Crippen molar-refractivity contribution in [2.24, 2.45) is 5.92 Å². The van der Waals surface area contributed by atoms with Gasteiger partial charge in [-0.05, 0) is 83.2 Å². The fourth-order valence-electron chi connectivity index (χ4n) is 6.26. The fraction of sp³-hybridized carbons (Fsp3) is 0.611. The Bertz CT molecular complexity index is 1460. The molecule has 12 heteroatoms. The zero-order valence-electron chi connectivity index (χ0n) is 29.1. The Balaban J connectivity index is 1.61. The minimum absolute atomic E-state index is 0.108. The highest BCUT2D eigenvalue weighted by Crippen LogP contribution is 2.30. The highest BCUT2D eigenvalue weighted by molar-refractivity contribution is 7.92. The number of nitrogens with one attached hydrogen (secondary N) is 2. The minimum atomic E-state index is -3.92. The monoisotopic (exact) mass is 686 g/mol. The van der Waals surface area contributed by atoms with Crippen LogP contribution in [0.1, 0.15) is 88.1 Å². The summed E-state index contributed by atoms with van der Waals surface area (Å²) in [5.74, 6) is -0.263. The van der Waals surface area contributed by atoms with Crippen molar-refractivity contribution in [1.82, 2.24) is 15.1 Å². The van der Waals surface area contributed by atoms with Crippen LogP contribution in [-0.4, -0.2) is 92.9 Å². The lowest BCUT2D eigenvalue weighted by atomic mass is 9.96. The Labute approximate surface area is 286 Å². The van der Waals surface area contributed by atoms with Crippen molar-refractivity contribution >= 4 is 27.6 Å². The molecule has 0 bridgehead atoms. The van der Waals surface area contributed by atoms with Gasteiger partial charge in [0.15, 0.2) is 0 Å². The number of hydrogen-bond acceptors (Lipinski definition) is 7. The number of aliphatic hydroxyl groups excluding tert-OH is 1. The molecule has 1 heterocycles. The molecular weight excluding hydrogens is 632 g/mol. The van der Waals surface area contributed by atoms with Crippen LogP contribution in [0.4, 0.5) is 10.5 Å². The van der Waals surface area contributed by atoms with Crippen LogP contribution in [0.15, 0.2) is 47.4 Å². The van der Waals surface area contributed by atoms with Crippen molar-refractivity contribution in [3.63, 3.8) is 0 Å². The quantitative estimate of drug-likeness (QED) is 0.331. The summed E-state index contributed by atoms with van der Waals surface area (Å²) in [6.07, 6.45) is 7.21. The maximum Gasteiger partial charge on any atom is 0.317 e. The summed E-state index contributed by atoms with van der Waals surface area (Å²) in [6.45, 7) is 8.37. The normalized spacial score (nSPS) is 22.5. The molecule has 1 aliphatic carbocycles. The van der Waals surface area contributed by atoms with E-state index in [1.165, 1.54) is 24.6 Å². The first-order chi connectivity index (χ1) is 22.9. The summed E-state index contributed by atoms with van der Waals surface area (Å²) in [4.78, 5) is 30.9. The van der Waals surface area contributed by atoms with E-state index in [0.29, 0.717) is 18.9 Å². The number of carbonyl (C=O) groups is 2. The number of hydrogen-bond donors (Lipinski definition) is 3. The Morgan fingerprint density at radius 2 is 1.73 bits per heavy atom. The SMILES string of the molecule is Cc1ccc(S(=O)(=O)Nc2ccc3c(c2)C(=O)N([C@H](C)CO)C[C@@H](C)[C@H](CN(C)C(=O)NC2CCCCC2)OCCCC[C@@H](C)O3)cc1. The summed E-state index contributed by atoms with van der Waals surface area (Å²) >= 11 is 0. The van der Waals surface area contributed by atoms with Gasteiger partial charge in [-0.1, -0.05) is 43.9 Å². The summed E-state index contributed by atoms with van der Waals surface area (Å²) in [6, 6.07) is 10.7. The number of fused-ring (bicyclic) bond motifs is 1. The first-order valence-corrected chi connectivity index (χ1v) is 18.8. The van der Waals surface area contributed by atoms with Crippen molar-refractivity contribution in [2.75, 3.05) is 38.1 Å². The Hall–Kier alpha value is -3.35. The molecular formula is C36H54N4O7S. The minimum Gasteiger partial charge on any atom is -0.490 e. The highest BCUT2D eigenvalue weighted by Gasteiger charge is 2.31. The number of likely N-dealkylation sites (N-methyl/N-ethyl adjacent to an activating group) is 1. The molecule has 3 amide bonds. The average molecular weight is 687 g/mol. The Kier molecular flexibility index (Phi) is 13.5. The van der Waals surface area contributed by atoms with Gasteiger partial charge in [0, 0.05) is 44.4 Å². The molecule has 1 saturated carbocycles. The lowest BCUT2D eigenvalue weighted by Crippen LogP contribution is -2.50. The van der Waals surface area contributed by atoms with Crippen molar-refractivity contribution in [3.05, 3.63) is 53.6 Å². The van der Waals surface area contributed by atoms with Crippen molar-refractivity contribution in [2.45, 2.75) is 108 Å². The van der Waals surface area contributed by atoms with Gasteiger partial charge < -0.3 is 29.7 Å². The molecule has 11 nitrogen and oxygen atoms in total. The van der Waals surface area contributed by atoms with Gasteiger partial charge in [-0.15, -0.1) is 0 Å². The Morgan fingerprint density at radius 1 is 1.04 bits per heavy atom.